The van der Waals surface area contributed by atoms with Crippen molar-refractivity contribution in [2.45, 2.75) is 45.0 Å². The second-order valence-corrected chi connectivity index (χ2v) is 5.94. The van der Waals surface area contributed by atoms with Crippen molar-refractivity contribution in [2.75, 3.05) is 6.26 Å². The number of fused-ring (bicyclic) bond motifs is 1. The van der Waals surface area contributed by atoms with Crippen molar-refractivity contribution in [3.63, 3.8) is 0 Å². The van der Waals surface area contributed by atoms with Gasteiger partial charge in [0.15, 0.2) is 5.65 Å². The van der Waals surface area contributed by atoms with Crippen LogP contribution in [0.2, 0.25) is 0 Å². The van der Waals surface area contributed by atoms with Crippen molar-refractivity contribution >= 4 is 34.5 Å². The number of halogens is 1. The summed E-state index contributed by atoms with van der Waals surface area (Å²) >= 11 is 7.86. The highest BCUT2D eigenvalue weighted by molar-refractivity contribution is 7.99. The number of rotatable bonds is 5. The molecule has 0 saturated heterocycles. The predicted molar refractivity (Wildman–Crippen MR) is 78.5 cm³/mol. The van der Waals surface area contributed by atoms with Crippen molar-refractivity contribution in [1.82, 2.24) is 19.3 Å². The van der Waals surface area contributed by atoms with Crippen molar-refractivity contribution in [3.05, 3.63) is 11.5 Å². The molecule has 0 aliphatic carbocycles. The van der Waals surface area contributed by atoms with E-state index >= 15 is 0 Å². The molecule has 0 radical (unpaired) electrons. The summed E-state index contributed by atoms with van der Waals surface area (Å²) in [5.41, 5.74) is 3.07. The highest BCUT2D eigenvalue weighted by atomic mass is 35.5. The number of alkyl halides is 1. The fourth-order valence-corrected chi connectivity index (χ4v) is 2.62. The number of nitrogens with zero attached hydrogens (tertiary/aromatic N) is 4. The molecular formula is C12H19ClN4S. The molecule has 2 aromatic rings. The lowest BCUT2D eigenvalue weighted by Gasteiger charge is -2.13. The summed E-state index contributed by atoms with van der Waals surface area (Å²) in [5.74, 6) is 1.38. The van der Waals surface area contributed by atoms with Crippen LogP contribution in [0, 0.1) is 6.92 Å². The van der Waals surface area contributed by atoms with Gasteiger partial charge in [-0.2, -0.15) is 16.9 Å². The first-order valence-electron chi connectivity index (χ1n) is 6.13. The monoisotopic (exact) mass is 286 g/mol. The summed E-state index contributed by atoms with van der Waals surface area (Å²) < 4.78 is 4.23. The molecule has 0 aromatic carbocycles. The highest BCUT2D eigenvalue weighted by Crippen LogP contribution is 2.22. The minimum atomic E-state index is 0.443. The van der Waals surface area contributed by atoms with Crippen LogP contribution in [0.4, 0.5) is 0 Å². The summed E-state index contributed by atoms with van der Waals surface area (Å²) in [6.07, 6.45) is 2.13. The number of aryl methyl sites for hydroxylation is 2. The van der Waals surface area contributed by atoms with Gasteiger partial charge < -0.3 is 4.57 Å². The first kappa shape index (κ1) is 13.7. The lowest BCUT2D eigenvalue weighted by Crippen LogP contribution is -2.14. The van der Waals surface area contributed by atoms with Gasteiger partial charge in [0.2, 0.25) is 0 Å². The second-order valence-electron chi connectivity index (χ2n) is 4.39. The van der Waals surface area contributed by atoms with E-state index in [1.165, 1.54) is 0 Å². The van der Waals surface area contributed by atoms with Crippen LogP contribution >= 0.6 is 23.4 Å². The van der Waals surface area contributed by atoms with E-state index in [4.69, 9.17) is 11.6 Å². The van der Waals surface area contributed by atoms with Gasteiger partial charge in [0.05, 0.1) is 11.6 Å². The van der Waals surface area contributed by atoms with Crippen molar-refractivity contribution in [3.8, 4) is 0 Å². The molecule has 2 rings (SSSR count). The van der Waals surface area contributed by atoms with E-state index < -0.39 is 0 Å². The van der Waals surface area contributed by atoms with Crippen LogP contribution in [0.1, 0.15) is 25.4 Å². The average molecular weight is 287 g/mol. The van der Waals surface area contributed by atoms with Gasteiger partial charge in [-0.15, -0.1) is 11.6 Å². The Morgan fingerprint density at radius 3 is 2.72 bits per heavy atom. The zero-order valence-electron chi connectivity index (χ0n) is 11.3. The minimum Gasteiger partial charge on any atom is -0.311 e. The largest absolute Gasteiger partial charge is 0.311 e. The lowest BCUT2D eigenvalue weighted by atomic mass is 10.4. The molecule has 0 aliphatic rings. The first-order chi connectivity index (χ1) is 8.62. The molecule has 1 atom stereocenters. The van der Waals surface area contributed by atoms with E-state index in [0.29, 0.717) is 11.1 Å². The van der Waals surface area contributed by atoms with Gasteiger partial charge in [0.1, 0.15) is 11.3 Å². The van der Waals surface area contributed by atoms with E-state index in [-0.39, 0.29) is 0 Å². The Bertz CT molecular complexity index is 546. The molecule has 100 valence electrons. The molecule has 0 saturated carbocycles. The molecule has 2 heterocycles. The van der Waals surface area contributed by atoms with Crippen LogP contribution in [0.5, 0.6) is 0 Å². The minimum absolute atomic E-state index is 0.443. The third-order valence-corrected chi connectivity index (χ3v) is 4.33. The molecule has 0 bridgehead atoms. The van der Waals surface area contributed by atoms with Crippen molar-refractivity contribution in [1.29, 1.82) is 0 Å². The van der Waals surface area contributed by atoms with Gasteiger partial charge in [0, 0.05) is 18.3 Å². The van der Waals surface area contributed by atoms with E-state index in [0.717, 1.165) is 35.8 Å². The third-order valence-electron chi connectivity index (χ3n) is 3.14. The van der Waals surface area contributed by atoms with Gasteiger partial charge in [-0.05, 0) is 20.1 Å². The number of imidazole rings is 1. The molecule has 2 aromatic heterocycles. The van der Waals surface area contributed by atoms with E-state index in [9.17, 15) is 0 Å². The fourth-order valence-electron chi connectivity index (χ4n) is 2.12. The normalized spacial score (nSPS) is 13.4. The van der Waals surface area contributed by atoms with Gasteiger partial charge in [-0.1, -0.05) is 6.92 Å². The van der Waals surface area contributed by atoms with Crippen LogP contribution < -0.4 is 0 Å². The Morgan fingerprint density at radius 1 is 1.44 bits per heavy atom. The van der Waals surface area contributed by atoms with Crippen LogP contribution in [-0.2, 0) is 19.0 Å². The van der Waals surface area contributed by atoms with Crippen molar-refractivity contribution < 1.29 is 0 Å². The molecule has 18 heavy (non-hydrogen) atoms. The fraction of sp³-hybridized carbons (Fsp3) is 0.667. The maximum absolute atomic E-state index is 6.02. The number of hydrogen-bond acceptors (Lipinski definition) is 3. The Morgan fingerprint density at radius 2 is 2.17 bits per heavy atom. The maximum atomic E-state index is 6.02. The zero-order valence-corrected chi connectivity index (χ0v) is 12.8. The summed E-state index contributed by atoms with van der Waals surface area (Å²) in [5, 5.41) is 5.05. The maximum Gasteiger partial charge on any atom is 0.158 e. The van der Waals surface area contributed by atoms with Crippen LogP contribution in [-0.4, -0.2) is 30.8 Å². The van der Waals surface area contributed by atoms with Crippen LogP contribution in [0.15, 0.2) is 0 Å². The van der Waals surface area contributed by atoms with Gasteiger partial charge in [-0.3, -0.25) is 0 Å². The Labute approximate surface area is 117 Å². The number of hydrogen-bond donors (Lipinski definition) is 0. The Balaban J connectivity index is 2.59. The van der Waals surface area contributed by atoms with Gasteiger partial charge in [-0.25, -0.2) is 9.67 Å². The summed E-state index contributed by atoms with van der Waals surface area (Å²) in [6, 6.07) is 0. The molecule has 6 heteroatoms. The van der Waals surface area contributed by atoms with Gasteiger partial charge in [0.25, 0.3) is 0 Å². The Hall–Kier alpha value is -0.680. The Kier molecular flexibility index (Phi) is 4.22. The van der Waals surface area contributed by atoms with E-state index in [1.807, 2.05) is 23.4 Å². The molecule has 1 unspecified atom stereocenters. The van der Waals surface area contributed by atoms with Gasteiger partial charge >= 0.3 is 0 Å². The molecule has 0 aliphatic heterocycles. The topological polar surface area (TPSA) is 35.6 Å². The highest BCUT2D eigenvalue weighted by Gasteiger charge is 2.18. The average Bonchev–Trinajstić information content (AvgIpc) is 2.88. The molecular weight excluding hydrogens is 268 g/mol. The van der Waals surface area contributed by atoms with Crippen LogP contribution in [0.25, 0.3) is 11.2 Å². The zero-order chi connectivity index (χ0) is 13.3. The molecule has 0 amide bonds. The quantitative estimate of drug-likeness (QED) is 0.793. The first-order valence-corrected chi connectivity index (χ1v) is 7.95. The standard InChI is InChI=1S/C12H19ClN4S/c1-5-17-12-11(9(3)15-17)14-10(6-13)16(12)7-8(2)18-4/h8H,5-7H2,1-4H3. The molecule has 0 spiro atoms. The third kappa shape index (κ3) is 2.26. The SMILES string of the molecule is CCn1nc(C)c2nc(CCl)n(CC(C)SC)c21. The summed E-state index contributed by atoms with van der Waals surface area (Å²) in [4.78, 5) is 4.63. The van der Waals surface area contributed by atoms with Crippen LogP contribution in [0.3, 0.4) is 0 Å². The van der Waals surface area contributed by atoms with Crippen molar-refractivity contribution in [2.24, 2.45) is 0 Å². The smallest absolute Gasteiger partial charge is 0.158 e. The second kappa shape index (κ2) is 5.53. The predicted octanol–water partition coefficient (Wildman–Crippen LogP) is 3.05. The summed E-state index contributed by atoms with van der Waals surface area (Å²) in [6.45, 7) is 8.09. The molecule has 4 nitrogen and oxygen atoms in total. The number of aromatic nitrogens is 4. The summed E-state index contributed by atoms with van der Waals surface area (Å²) in [7, 11) is 0. The molecule has 0 fully saturated rings. The van der Waals surface area contributed by atoms with E-state index in [2.05, 4.69) is 34.8 Å². The lowest BCUT2D eigenvalue weighted by molar-refractivity contribution is 0.615. The number of thioether (sulfide) groups is 1. The molecule has 0 N–H and O–H groups in total. The van der Waals surface area contributed by atoms with E-state index in [1.54, 1.807) is 0 Å².